The molecule has 10 N–H and O–H groups in total. The number of hydrogen-bond donors (Lipinski definition) is 7. The Morgan fingerprint density at radius 1 is 1.07 bits per heavy atom. The molecule has 0 aromatic carbocycles. The fourth-order valence-electron chi connectivity index (χ4n) is 1.36. The molecule has 1 unspecified atom stereocenters. The lowest BCUT2D eigenvalue weighted by molar-refractivity contribution is 0.0698. The van der Waals surface area contributed by atoms with E-state index in [1.54, 1.807) is 32.4 Å². The molecule has 0 aromatic rings. The number of aliphatic imine (C=N–C) groups is 2. The van der Waals surface area contributed by atoms with Crippen molar-refractivity contribution in [2.45, 2.75) is 25.5 Å². The van der Waals surface area contributed by atoms with Gasteiger partial charge in [0.25, 0.3) is 0 Å². The maximum atomic E-state index is 8.81. The zero-order valence-electron chi connectivity index (χ0n) is 14.9. The molecule has 0 aliphatic carbocycles. The highest BCUT2D eigenvalue weighted by atomic mass is 16.5. The highest BCUT2D eigenvalue weighted by Crippen LogP contribution is 2.00. The van der Waals surface area contributed by atoms with Crippen molar-refractivity contribution >= 4 is 25.3 Å². The second-order valence-corrected chi connectivity index (χ2v) is 5.27. The number of nitrogens with one attached hydrogen (secondary N) is 4. The Balaban J connectivity index is 4.67. The van der Waals surface area contributed by atoms with Gasteiger partial charge in [-0.3, -0.25) is 16.0 Å². The number of ether oxygens (including phenoxy) is 1. The summed E-state index contributed by atoms with van der Waals surface area (Å²) in [5, 5.41) is 35.2. The zero-order chi connectivity index (χ0) is 20.7. The van der Waals surface area contributed by atoms with E-state index >= 15 is 0 Å². The van der Waals surface area contributed by atoms with Crippen LogP contribution in [0.3, 0.4) is 0 Å². The van der Waals surface area contributed by atoms with Crippen molar-refractivity contribution in [1.82, 2.24) is 21.3 Å². The second-order valence-electron chi connectivity index (χ2n) is 5.27. The monoisotopic (exact) mass is 374 g/mol. The third-order valence-corrected chi connectivity index (χ3v) is 2.46. The molecule has 0 aliphatic heterocycles. The van der Waals surface area contributed by atoms with Crippen molar-refractivity contribution in [2.75, 3.05) is 13.3 Å². The number of nitrogens with two attached hydrogens (primary N) is 3. The maximum Gasteiger partial charge on any atom is 0.307 e. The van der Waals surface area contributed by atoms with E-state index in [1.807, 2.05) is 0 Å². The van der Waals surface area contributed by atoms with Crippen LogP contribution in [0.15, 0.2) is 14.9 Å². The van der Waals surface area contributed by atoms with Crippen molar-refractivity contribution in [3.8, 4) is 18.6 Å². The van der Waals surface area contributed by atoms with Crippen molar-refractivity contribution < 1.29 is 4.74 Å². The number of nitriles is 3. The largest absolute Gasteiger partial charge is 0.370 e. The Morgan fingerprint density at radius 2 is 1.67 bits per heavy atom. The van der Waals surface area contributed by atoms with Crippen LogP contribution in [-0.2, 0) is 4.74 Å². The smallest absolute Gasteiger partial charge is 0.307 e. The van der Waals surface area contributed by atoms with Crippen LogP contribution in [0.5, 0.6) is 0 Å². The molecule has 1 radical (unpaired) electrons. The topological polar surface area (TPSA) is 244 Å². The van der Waals surface area contributed by atoms with Gasteiger partial charge in [-0.1, -0.05) is 0 Å². The van der Waals surface area contributed by atoms with E-state index in [4.69, 9.17) is 37.7 Å². The molecular formula is C12H21BN13O. The van der Waals surface area contributed by atoms with E-state index in [0.717, 1.165) is 0 Å². The van der Waals surface area contributed by atoms with Gasteiger partial charge in [0.1, 0.15) is 13.0 Å². The van der Waals surface area contributed by atoms with Crippen LogP contribution >= 0.6 is 0 Å². The number of rotatable bonds is 8. The van der Waals surface area contributed by atoms with E-state index in [2.05, 4.69) is 36.2 Å². The third-order valence-electron chi connectivity index (χ3n) is 2.46. The molecule has 1 atom stereocenters. The first-order chi connectivity index (χ1) is 12.7. The first kappa shape index (κ1) is 23.3. The molecule has 0 aliphatic rings. The minimum Gasteiger partial charge on any atom is -0.370 e. The van der Waals surface area contributed by atoms with Gasteiger partial charge in [0.15, 0.2) is 24.5 Å². The molecule has 0 fully saturated rings. The molecule has 0 saturated heterocycles. The fourth-order valence-corrected chi connectivity index (χ4v) is 1.36. The summed E-state index contributed by atoms with van der Waals surface area (Å²) in [5.41, 5.74) is 15.7. The summed E-state index contributed by atoms with van der Waals surface area (Å²) in [6.07, 6.45) is 4.16. The quantitative estimate of drug-likeness (QED) is 0.0546. The van der Waals surface area contributed by atoms with Crippen molar-refractivity contribution in [1.29, 1.82) is 15.8 Å². The predicted molar refractivity (Wildman–Crippen MR) is 98.7 cm³/mol. The van der Waals surface area contributed by atoms with Crippen molar-refractivity contribution in [3.05, 3.63) is 0 Å². The van der Waals surface area contributed by atoms with Gasteiger partial charge in [0.2, 0.25) is 11.9 Å². The molecular weight excluding hydrogens is 353 g/mol. The van der Waals surface area contributed by atoms with Crippen LogP contribution in [0.2, 0.25) is 0 Å². The van der Waals surface area contributed by atoms with E-state index in [0.29, 0.717) is 0 Å². The van der Waals surface area contributed by atoms with Gasteiger partial charge < -0.3 is 32.2 Å². The lowest BCUT2D eigenvalue weighted by Crippen LogP contribution is -2.52. The molecule has 0 heterocycles. The van der Waals surface area contributed by atoms with Gasteiger partial charge in [-0.15, -0.1) is 0 Å². The Bertz CT molecular complexity index is 681. The SMILES string of the molecule is CC(C)([B]N=C(N)NC#N)NC(=NCOC(N)CN=C(N)NC#N)NC#N. The minimum absolute atomic E-state index is 0.00360. The minimum atomic E-state index is -0.822. The summed E-state index contributed by atoms with van der Waals surface area (Å²) in [4.78, 5) is 11.7. The predicted octanol–water partition coefficient (Wildman–Crippen LogP) is -3.61. The molecule has 14 nitrogen and oxygen atoms in total. The normalized spacial score (nSPS) is 13.4. The maximum absolute atomic E-state index is 8.81. The Kier molecular flexibility index (Phi) is 10.9. The van der Waals surface area contributed by atoms with Crippen LogP contribution < -0.4 is 38.5 Å². The Labute approximate surface area is 157 Å². The standard InChI is InChI=1S/C12H21BN13O/c1-12(2,13-26-10(19)22-5-15)25-11(23-6-16)24-7-27-8(17)3-20-9(18)21-4-14/h8H,3,7,17H2,1-2H3,(H3,18,20,21)(H3,19,22,26)(H2,23,24,25). The van der Waals surface area contributed by atoms with Gasteiger partial charge in [0.05, 0.1) is 6.54 Å². The van der Waals surface area contributed by atoms with E-state index in [-0.39, 0.29) is 31.2 Å². The third kappa shape index (κ3) is 12.3. The Morgan fingerprint density at radius 3 is 2.26 bits per heavy atom. The molecule has 27 heavy (non-hydrogen) atoms. The summed E-state index contributed by atoms with van der Waals surface area (Å²) in [6, 6.07) is 0. The lowest BCUT2D eigenvalue weighted by atomic mass is 9.71. The average Bonchev–Trinajstić information content (AvgIpc) is 2.59. The summed E-state index contributed by atoms with van der Waals surface area (Å²) in [5.74, 6) is -0.0715. The van der Waals surface area contributed by atoms with E-state index in [1.165, 1.54) is 7.41 Å². The second kappa shape index (κ2) is 12.6. The number of guanidine groups is 3. The summed E-state index contributed by atoms with van der Waals surface area (Å²) >= 11 is 0. The fraction of sp³-hybridized carbons (Fsp3) is 0.500. The highest BCUT2D eigenvalue weighted by molar-refractivity contribution is 6.40. The van der Waals surface area contributed by atoms with Gasteiger partial charge in [-0.25, -0.2) is 9.98 Å². The van der Waals surface area contributed by atoms with Crippen LogP contribution in [0.1, 0.15) is 13.8 Å². The molecule has 0 amide bonds. The van der Waals surface area contributed by atoms with Gasteiger partial charge in [0, 0.05) is 5.44 Å². The van der Waals surface area contributed by atoms with E-state index < -0.39 is 11.7 Å². The zero-order valence-corrected chi connectivity index (χ0v) is 14.9. The summed E-state index contributed by atoms with van der Waals surface area (Å²) < 4.78 is 5.22. The van der Waals surface area contributed by atoms with Crippen LogP contribution in [-0.4, -0.2) is 50.2 Å². The first-order valence-corrected chi connectivity index (χ1v) is 7.36. The Hall–Kier alpha value is -3.74. The van der Waals surface area contributed by atoms with Crippen molar-refractivity contribution in [2.24, 2.45) is 32.1 Å². The molecule has 0 bridgehead atoms. The molecule has 0 aromatic heterocycles. The summed E-state index contributed by atoms with van der Waals surface area (Å²) in [6.45, 7) is 3.29. The lowest BCUT2D eigenvalue weighted by Gasteiger charge is -2.24. The number of hydrogen-bond acceptors (Lipinski definition) is 8. The number of nitrogens with zero attached hydrogens (tertiary/aromatic N) is 6. The van der Waals surface area contributed by atoms with Gasteiger partial charge >= 0.3 is 7.41 Å². The van der Waals surface area contributed by atoms with Gasteiger partial charge in [-0.05, 0) is 13.8 Å². The summed E-state index contributed by atoms with van der Waals surface area (Å²) in [7, 11) is 1.42. The highest BCUT2D eigenvalue weighted by Gasteiger charge is 2.21. The average molecular weight is 374 g/mol. The molecule has 15 heteroatoms. The van der Waals surface area contributed by atoms with Crippen molar-refractivity contribution in [3.63, 3.8) is 0 Å². The molecule has 143 valence electrons. The van der Waals surface area contributed by atoms with E-state index in [9.17, 15) is 0 Å². The van der Waals surface area contributed by atoms with Crippen LogP contribution in [0, 0.1) is 34.4 Å². The molecule has 0 saturated carbocycles. The van der Waals surface area contributed by atoms with Gasteiger partial charge in [-0.2, -0.15) is 15.8 Å². The van der Waals surface area contributed by atoms with Crippen LogP contribution in [0.4, 0.5) is 0 Å². The molecule has 0 rings (SSSR count). The first-order valence-electron chi connectivity index (χ1n) is 7.36. The molecule has 0 spiro atoms. The van der Waals surface area contributed by atoms with Crippen LogP contribution in [0.25, 0.3) is 0 Å².